The second-order valence-electron chi connectivity index (χ2n) is 6.24. The first-order valence-electron chi connectivity index (χ1n) is 9.07. The number of benzene rings is 1. The second-order valence-corrected chi connectivity index (χ2v) is 6.24. The number of furan rings is 1. The van der Waals surface area contributed by atoms with Crippen molar-refractivity contribution in [2.75, 3.05) is 13.2 Å². The van der Waals surface area contributed by atoms with Crippen molar-refractivity contribution in [1.29, 1.82) is 5.26 Å². The average Bonchev–Trinajstić information content (AvgIpc) is 3.11. The van der Waals surface area contributed by atoms with E-state index >= 15 is 0 Å². The van der Waals surface area contributed by atoms with Crippen LogP contribution in [-0.2, 0) is 19.0 Å². The lowest BCUT2D eigenvalue weighted by Gasteiger charge is -2.26. The number of ether oxygens (including phenoxy) is 3. The number of nitriles is 1. The molecular formula is C21H20N2O6. The van der Waals surface area contributed by atoms with Gasteiger partial charge in [-0.25, -0.2) is 9.59 Å². The number of carbonyl (C=O) groups is 2. The van der Waals surface area contributed by atoms with Gasteiger partial charge in [0.2, 0.25) is 11.6 Å². The highest BCUT2D eigenvalue weighted by Gasteiger charge is 2.36. The smallest absolute Gasteiger partial charge is 0.374 e. The lowest BCUT2D eigenvalue weighted by molar-refractivity contribution is -0.139. The molecule has 2 N–H and O–H groups in total. The fraction of sp³-hybridized carbons (Fsp3) is 0.286. The third-order valence-corrected chi connectivity index (χ3v) is 4.45. The maximum Gasteiger partial charge on any atom is 0.374 e. The second kappa shape index (κ2) is 8.10. The quantitative estimate of drug-likeness (QED) is 0.764. The zero-order valence-corrected chi connectivity index (χ0v) is 16.3. The molecule has 0 aliphatic carbocycles. The zero-order chi connectivity index (χ0) is 21.1. The summed E-state index contributed by atoms with van der Waals surface area (Å²) in [6, 6.07) is 8.67. The van der Waals surface area contributed by atoms with E-state index in [1.807, 2.05) is 6.07 Å². The Morgan fingerprint density at radius 2 is 1.86 bits per heavy atom. The van der Waals surface area contributed by atoms with Gasteiger partial charge in [-0.3, -0.25) is 0 Å². The number of esters is 2. The van der Waals surface area contributed by atoms with Gasteiger partial charge in [0.05, 0.1) is 24.7 Å². The maximum atomic E-state index is 12.6. The molecule has 1 aromatic heterocycles. The minimum Gasteiger partial charge on any atom is -0.463 e. The van der Waals surface area contributed by atoms with Crippen molar-refractivity contribution in [2.45, 2.75) is 26.7 Å². The van der Waals surface area contributed by atoms with E-state index in [2.05, 4.69) is 0 Å². The molecule has 8 heteroatoms. The first-order chi connectivity index (χ1) is 13.9. The molecule has 1 aliphatic heterocycles. The minimum atomic E-state index is -0.766. The molecule has 3 rings (SSSR count). The van der Waals surface area contributed by atoms with Crippen molar-refractivity contribution < 1.29 is 28.2 Å². The number of nitrogens with zero attached hydrogens (tertiary/aromatic N) is 1. The summed E-state index contributed by atoms with van der Waals surface area (Å²) in [7, 11) is 0. The van der Waals surface area contributed by atoms with Gasteiger partial charge in [-0.2, -0.15) is 5.26 Å². The van der Waals surface area contributed by atoms with Crippen molar-refractivity contribution in [2.24, 2.45) is 5.73 Å². The van der Waals surface area contributed by atoms with Gasteiger partial charge in [-0.1, -0.05) is 6.07 Å². The summed E-state index contributed by atoms with van der Waals surface area (Å²) in [5, 5.41) is 10.3. The van der Waals surface area contributed by atoms with Crippen molar-refractivity contribution in [3.05, 3.63) is 58.4 Å². The van der Waals surface area contributed by atoms with E-state index in [0.29, 0.717) is 16.5 Å². The molecule has 1 aromatic carbocycles. The van der Waals surface area contributed by atoms with E-state index in [1.54, 1.807) is 45.0 Å². The van der Waals surface area contributed by atoms with Crippen LogP contribution >= 0.6 is 0 Å². The third-order valence-electron chi connectivity index (χ3n) is 4.45. The fourth-order valence-electron chi connectivity index (χ4n) is 3.23. The number of fused-ring (bicyclic) bond motifs is 1. The van der Waals surface area contributed by atoms with Gasteiger partial charge < -0.3 is 24.4 Å². The molecular weight excluding hydrogens is 376 g/mol. The highest BCUT2D eigenvalue weighted by atomic mass is 16.5. The van der Waals surface area contributed by atoms with Crippen molar-refractivity contribution in [3.63, 3.8) is 0 Å². The Labute approximate surface area is 167 Å². The first kappa shape index (κ1) is 20.0. The summed E-state index contributed by atoms with van der Waals surface area (Å²) < 4.78 is 21.0. The predicted molar refractivity (Wildman–Crippen MR) is 102 cm³/mol. The highest BCUT2D eigenvalue weighted by Crippen LogP contribution is 2.40. The van der Waals surface area contributed by atoms with Crippen LogP contribution in [0.5, 0.6) is 0 Å². The van der Waals surface area contributed by atoms with Gasteiger partial charge >= 0.3 is 11.9 Å². The zero-order valence-electron chi connectivity index (χ0n) is 16.3. The summed E-state index contributed by atoms with van der Waals surface area (Å²) in [4.78, 5) is 24.5. The number of hydrogen-bond donors (Lipinski definition) is 1. The molecule has 2 heterocycles. The van der Waals surface area contributed by atoms with Gasteiger partial charge in [-0.05, 0) is 44.5 Å². The van der Waals surface area contributed by atoms with Crippen LogP contribution in [0.25, 0.3) is 11.0 Å². The molecule has 0 radical (unpaired) electrons. The summed E-state index contributed by atoms with van der Waals surface area (Å²) >= 11 is 0. The van der Waals surface area contributed by atoms with Gasteiger partial charge in [0.1, 0.15) is 23.0 Å². The van der Waals surface area contributed by atoms with E-state index in [1.165, 1.54) is 0 Å². The fourth-order valence-corrected chi connectivity index (χ4v) is 3.23. The molecule has 1 atom stereocenters. The van der Waals surface area contributed by atoms with E-state index in [9.17, 15) is 14.9 Å². The van der Waals surface area contributed by atoms with Crippen LogP contribution in [0.4, 0.5) is 0 Å². The van der Waals surface area contributed by atoms with E-state index in [-0.39, 0.29) is 41.8 Å². The van der Waals surface area contributed by atoms with Gasteiger partial charge in [0.15, 0.2) is 0 Å². The van der Waals surface area contributed by atoms with Crippen LogP contribution in [-0.4, -0.2) is 25.2 Å². The monoisotopic (exact) mass is 396 g/mol. The number of nitrogens with two attached hydrogens (primary N) is 1. The standard InChI is InChI=1S/C21H20N2O6/c1-4-26-20(24)16-9-13-8-12(6-7-15(13)29-16)18-14(10-22)19(23)28-11(3)17(18)21(25)27-5-2/h6-9,18H,4-5,23H2,1-3H3. The first-order valence-corrected chi connectivity index (χ1v) is 9.07. The third kappa shape index (κ3) is 3.67. The van der Waals surface area contributed by atoms with Crippen molar-refractivity contribution in [3.8, 4) is 6.07 Å². The van der Waals surface area contributed by atoms with Crippen LogP contribution in [0, 0.1) is 11.3 Å². The molecule has 0 spiro atoms. The molecule has 0 fully saturated rings. The lowest BCUT2D eigenvalue weighted by Crippen LogP contribution is -2.25. The van der Waals surface area contributed by atoms with Gasteiger partial charge in [0.25, 0.3) is 0 Å². The number of hydrogen-bond acceptors (Lipinski definition) is 8. The topological polar surface area (TPSA) is 125 Å². The highest BCUT2D eigenvalue weighted by molar-refractivity contribution is 5.94. The Balaban J connectivity index is 2.12. The molecule has 1 unspecified atom stereocenters. The normalized spacial score (nSPS) is 16.4. The molecule has 150 valence electrons. The molecule has 8 nitrogen and oxygen atoms in total. The Morgan fingerprint density at radius 3 is 2.52 bits per heavy atom. The predicted octanol–water partition coefficient (Wildman–Crippen LogP) is 3.25. The molecule has 0 bridgehead atoms. The molecule has 29 heavy (non-hydrogen) atoms. The van der Waals surface area contributed by atoms with Gasteiger partial charge in [-0.15, -0.1) is 0 Å². The Bertz CT molecular complexity index is 1090. The number of rotatable bonds is 5. The van der Waals surface area contributed by atoms with Crippen molar-refractivity contribution in [1.82, 2.24) is 0 Å². The number of allylic oxidation sites excluding steroid dienone is 2. The molecule has 1 aliphatic rings. The summed E-state index contributed by atoms with van der Waals surface area (Å²) in [6.45, 7) is 5.39. The van der Waals surface area contributed by atoms with Crippen LogP contribution in [0.3, 0.4) is 0 Å². The molecule has 0 amide bonds. The Kier molecular flexibility index (Phi) is 5.59. The largest absolute Gasteiger partial charge is 0.463 e. The summed E-state index contributed by atoms with van der Waals surface area (Å²) in [5.74, 6) is -1.65. The van der Waals surface area contributed by atoms with E-state index in [0.717, 1.165) is 0 Å². The molecule has 0 saturated heterocycles. The van der Waals surface area contributed by atoms with Crippen LogP contribution in [0.15, 0.2) is 51.5 Å². The Morgan fingerprint density at radius 1 is 1.17 bits per heavy atom. The maximum absolute atomic E-state index is 12.6. The van der Waals surface area contributed by atoms with Crippen LogP contribution in [0.1, 0.15) is 42.8 Å². The Hall–Kier alpha value is -3.73. The summed E-state index contributed by atoms with van der Waals surface area (Å²) in [6.07, 6.45) is 0. The van der Waals surface area contributed by atoms with E-state index < -0.39 is 17.9 Å². The van der Waals surface area contributed by atoms with Crippen LogP contribution < -0.4 is 5.73 Å². The average molecular weight is 396 g/mol. The lowest BCUT2D eigenvalue weighted by atomic mass is 9.83. The van der Waals surface area contributed by atoms with Crippen molar-refractivity contribution >= 4 is 22.9 Å². The minimum absolute atomic E-state index is 0.0671. The summed E-state index contributed by atoms with van der Waals surface area (Å²) in [5.41, 5.74) is 7.29. The number of carbonyl (C=O) groups excluding carboxylic acids is 2. The SMILES string of the molecule is CCOC(=O)C1=C(C)OC(N)=C(C#N)C1c1ccc2oc(C(=O)OCC)cc2c1. The molecule has 0 saturated carbocycles. The van der Waals surface area contributed by atoms with E-state index in [4.69, 9.17) is 24.4 Å². The molecule has 2 aromatic rings. The van der Waals surface area contributed by atoms with Crippen LogP contribution in [0.2, 0.25) is 0 Å². The van der Waals surface area contributed by atoms with Gasteiger partial charge in [0, 0.05) is 5.39 Å².